The van der Waals surface area contributed by atoms with Crippen molar-refractivity contribution in [1.29, 1.82) is 0 Å². The van der Waals surface area contributed by atoms with Crippen LogP contribution in [-0.2, 0) is 11.3 Å². The predicted octanol–water partition coefficient (Wildman–Crippen LogP) is 5.01. The van der Waals surface area contributed by atoms with Crippen molar-refractivity contribution < 1.29 is 28.2 Å². The molecule has 158 valence electrons. The number of methoxy groups -OCH3 is 1. The molecule has 3 rings (SSSR count). The van der Waals surface area contributed by atoms with Crippen LogP contribution in [0.25, 0.3) is 11.0 Å². The van der Waals surface area contributed by atoms with E-state index in [2.05, 4.69) is 4.98 Å². The van der Waals surface area contributed by atoms with Gasteiger partial charge in [-0.1, -0.05) is 11.6 Å². The maximum atomic E-state index is 14.0. The summed E-state index contributed by atoms with van der Waals surface area (Å²) < 4.78 is 31.6. The summed E-state index contributed by atoms with van der Waals surface area (Å²) in [5.74, 6) is -0.306. The number of imidazole rings is 1. The highest BCUT2D eigenvalue weighted by molar-refractivity contribution is 6.31. The molecule has 0 amide bonds. The fourth-order valence-electron chi connectivity index (χ4n) is 2.77. The van der Waals surface area contributed by atoms with Crippen LogP contribution in [0.2, 0.25) is 5.02 Å². The number of hydrogen-bond acceptors (Lipinski definition) is 6. The summed E-state index contributed by atoms with van der Waals surface area (Å²) in [6.07, 6.45) is -0.256. The molecular weight excluding hydrogens is 415 g/mol. The minimum absolute atomic E-state index is 0.0569. The monoisotopic (exact) mass is 434 g/mol. The van der Waals surface area contributed by atoms with E-state index in [9.17, 15) is 14.0 Å². The van der Waals surface area contributed by atoms with Gasteiger partial charge in [-0.15, -0.1) is 0 Å². The number of fused-ring (bicyclic) bond motifs is 1. The molecule has 1 aromatic heterocycles. The highest BCUT2D eigenvalue weighted by atomic mass is 35.5. The highest BCUT2D eigenvalue weighted by Crippen LogP contribution is 2.31. The van der Waals surface area contributed by atoms with Crippen molar-refractivity contribution in [2.45, 2.75) is 33.0 Å². The largest absolute Gasteiger partial charge is 0.493 e. The van der Waals surface area contributed by atoms with Gasteiger partial charge in [-0.25, -0.2) is 18.7 Å². The maximum absolute atomic E-state index is 14.0. The van der Waals surface area contributed by atoms with Gasteiger partial charge in [-0.3, -0.25) is 4.79 Å². The normalized spacial score (nSPS) is 11.4. The van der Waals surface area contributed by atoms with Crippen LogP contribution in [0.3, 0.4) is 0 Å². The first-order valence-corrected chi connectivity index (χ1v) is 9.36. The molecule has 0 N–H and O–H groups in total. The Kier molecular flexibility index (Phi) is 5.98. The number of ether oxygens (including phenoxy) is 3. The Bertz CT molecular complexity index is 1120. The van der Waals surface area contributed by atoms with Crippen molar-refractivity contribution >= 4 is 35.0 Å². The lowest BCUT2D eigenvalue weighted by molar-refractivity contribution is 0.0533. The minimum atomic E-state index is -0.756. The van der Waals surface area contributed by atoms with Gasteiger partial charge in [0.2, 0.25) is 0 Å². The van der Waals surface area contributed by atoms with E-state index in [4.69, 9.17) is 25.8 Å². The highest BCUT2D eigenvalue weighted by Gasteiger charge is 2.24. The Morgan fingerprint density at radius 3 is 2.60 bits per heavy atom. The van der Waals surface area contributed by atoms with Gasteiger partial charge in [0.15, 0.2) is 23.6 Å². The summed E-state index contributed by atoms with van der Waals surface area (Å²) in [5, 5.41) is 0.456. The molecule has 0 radical (unpaired) electrons. The third-order valence-corrected chi connectivity index (χ3v) is 4.26. The Balaban J connectivity index is 2.00. The molecule has 0 saturated heterocycles. The standard InChI is InChI=1S/C21H20ClFN2O5/c1-21(2,3)30-20(27)25-16-6-5-13(22)8-15(16)24-19(25)11-29-18-9-14(23)12(10-26)7-17(18)28-4/h5-10H,11H2,1-4H3. The van der Waals surface area contributed by atoms with Gasteiger partial charge >= 0.3 is 6.09 Å². The van der Waals surface area contributed by atoms with Crippen molar-refractivity contribution in [2.24, 2.45) is 0 Å². The molecule has 0 aliphatic rings. The van der Waals surface area contributed by atoms with Gasteiger partial charge in [0.05, 0.1) is 23.7 Å². The average Bonchev–Trinajstić information content (AvgIpc) is 3.02. The van der Waals surface area contributed by atoms with Gasteiger partial charge in [0, 0.05) is 11.1 Å². The number of rotatable bonds is 5. The number of benzene rings is 2. The first-order valence-electron chi connectivity index (χ1n) is 8.98. The smallest absolute Gasteiger partial charge is 0.420 e. The van der Waals surface area contributed by atoms with Crippen LogP contribution in [0, 0.1) is 5.82 Å². The number of nitrogens with zero attached hydrogens (tertiary/aromatic N) is 2. The Labute approximate surface area is 177 Å². The van der Waals surface area contributed by atoms with E-state index >= 15 is 0 Å². The molecule has 3 aromatic rings. The van der Waals surface area contributed by atoms with E-state index in [0.717, 1.165) is 6.07 Å². The Morgan fingerprint density at radius 2 is 1.97 bits per heavy atom. The van der Waals surface area contributed by atoms with Crippen LogP contribution >= 0.6 is 11.6 Å². The summed E-state index contributed by atoms with van der Waals surface area (Å²) in [5.41, 5.74) is 0.0767. The molecule has 1 heterocycles. The van der Waals surface area contributed by atoms with E-state index in [0.29, 0.717) is 22.3 Å². The summed E-state index contributed by atoms with van der Waals surface area (Å²) in [7, 11) is 1.37. The molecule has 0 fully saturated rings. The quantitative estimate of drug-likeness (QED) is 0.525. The third kappa shape index (κ3) is 4.54. The lowest BCUT2D eigenvalue weighted by Crippen LogP contribution is -2.28. The van der Waals surface area contributed by atoms with Crippen LogP contribution in [0.15, 0.2) is 30.3 Å². The van der Waals surface area contributed by atoms with E-state index in [1.165, 1.54) is 17.7 Å². The summed E-state index contributed by atoms with van der Waals surface area (Å²) in [4.78, 5) is 28.1. The molecule has 30 heavy (non-hydrogen) atoms. The molecule has 0 atom stereocenters. The Hall–Kier alpha value is -3.13. The fourth-order valence-corrected chi connectivity index (χ4v) is 2.93. The van der Waals surface area contributed by atoms with Crippen LogP contribution in [0.1, 0.15) is 37.0 Å². The fraction of sp³-hybridized carbons (Fsp3) is 0.286. The van der Waals surface area contributed by atoms with Gasteiger partial charge in [0.25, 0.3) is 0 Å². The number of carbonyl (C=O) groups excluding carboxylic acids is 2. The lowest BCUT2D eigenvalue weighted by Gasteiger charge is -2.20. The van der Waals surface area contributed by atoms with Gasteiger partial charge in [0.1, 0.15) is 18.0 Å². The molecular formula is C21H20ClFN2O5. The van der Waals surface area contributed by atoms with Gasteiger partial charge in [-0.05, 0) is 45.0 Å². The zero-order chi connectivity index (χ0) is 22.1. The zero-order valence-corrected chi connectivity index (χ0v) is 17.6. The summed E-state index contributed by atoms with van der Waals surface area (Å²) >= 11 is 6.04. The van der Waals surface area contributed by atoms with E-state index in [-0.39, 0.29) is 29.5 Å². The van der Waals surface area contributed by atoms with Crippen molar-refractivity contribution in [3.05, 3.63) is 52.6 Å². The topological polar surface area (TPSA) is 79.7 Å². The number of hydrogen-bond donors (Lipinski definition) is 0. The van der Waals surface area contributed by atoms with Gasteiger partial charge in [-0.2, -0.15) is 0 Å². The number of aldehydes is 1. The molecule has 2 aromatic carbocycles. The summed E-state index contributed by atoms with van der Waals surface area (Å²) in [6, 6.07) is 7.17. The molecule has 0 spiro atoms. The average molecular weight is 435 g/mol. The number of halogens is 2. The van der Waals surface area contributed by atoms with Crippen molar-refractivity contribution in [2.75, 3.05) is 7.11 Å². The number of carbonyl (C=O) groups is 2. The molecule has 0 unspecified atom stereocenters. The second-order valence-electron chi connectivity index (χ2n) is 7.41. The molecule has 0 aliphatic heterocycles. The SMILES string of the molecule is COc1cc(C=O)c(F)cc1OCc1nc2cc(Cl)ccc2n1C(=O)OC(C)(C)C. The minimum Gasteiger partial charge on any atom is -0.493 e. The zero-order valence-electron chi connectivity index (χ0n) is 16.9. The predicted molar refractivity (Wildman–Crippen MR) is 109 cm³/mol. The molecule has 7 nitrogen and oxygen atoms in total. The van der Waals surface area contributed by atoms with Gasteiger partial charge < -0.3 is 14.2 Å². The van der Waals surface area contributed by atoms with Crippen LogP contribution in [-0.4, -0.2) is 34.6 Å². The summed E-state index contributed by atoms with van der Waals surface area (Å²) in [6.45, 7) is 5.06. The van der Waals surface area contributed by atoms with Crippen LogP contribution in [0.5, 0.6) is 11.5 Å². The van der Waals surface area contributed by atoms with E-state index in [1.807, 2.05) is 0 Å². The maximum Gasteiger partial charge on any atom is 0.420 e. The molecule has 0 aliphatic carbocycles. The van der Waals surface area contributed by atoms with Crippen LogP contribution in [0.4, 0.5) is 9.18 Å². The van der Waals surface area contributed by atoms with Crippen molar-refractivity contribution in [1.82, 2.24) is 9.55 Å². The third-order valence-electron chi connectivity index (χ3n) is 4.03. The molecule has 0 bridgehead atoms. The Morgan fingerprint density at radius 1 is 1.23 bits per heavy atom. The van der Waals surface area contributed by atoms with Crippen molar-refractivity contribution in [3.8, 4) is 11.5 Å². The van der Waals surface area contributed by atoms with E-state index in [1.54, 1.807) is 39.0 Å². The second-order valence-corrected chi connectivity index (χ2v) is 7.84. The van der Waals surface area contributed by atoms with Crippen molar-refractivity contribution in [3.63, 3.8) is 0 Å². The molecule has 0 saturated carbocycles. The first kappa shape index (κ1) is 21.6. The first-order chi connectivity index (χ1) is 14.1. The second kappa shape index (κ2) is 8.31. The number of aromatic nitrogens is 2. The van der Waals surface area contributed by atoms with Crippen LogP contribution < -0.4 is 9.47 Å². The molecule has 9 heteroatoms. The van der Waals surface area contributed by atoms with E-state index < -0.39 is 17.5 Å². The lowest BCUT2D eigenvalue weighted by atomic mass is 10.2.